The van der Waals surface area contributed by atoms with Crippen molar-refractivity contribution in [3.63, 3.8) is 0 Å². The lowest BCUT2D eigenvalue weighted by molar-refractivity contribution is 0.670. The van der Waals surface area contributed by atoms with Crippen LogP contribution in [-0.2, 0) is 5.41 Å². The zero-order chi connectivity index (χ0) is 40.5. The van der Waals surface area contributed by atoms with E-state index in [0.29, 0.717) is 0 Å². The smallest absolute Gasteiger partial charge is 0.143 e. The molecule has 0 aliphatic heterocycles. The molecule has 0 saturated carbocycles. The number of rotatable bonds is 4. The van der Waals surface area contributed by atoms with Crippen LogP contribution in [0.25, 0.3) is 86.3 Å². The van der Waals surface area contributed by atoms with E-state index < -0.39 is 5.41 Å². The van der Waals surface area contributed by atoms with Gasteiger partial charge < -0.3 is 9.32 Å². The summed E-state index contributed by atoms with van der Waals surface area (Å²) in [5.41, 5.74) is 17.4. The summed E-state index contributed by atoms with van der Waals surface area (Å²) in [6.45, 7) is 0. The monoisotopic (exact) mass is 805 g/mol. The maximum absolute atomic E-state index is 6.91. The van der Waals surface area contributed by atoms with Crippen LogP contribution in [0.4, 0.5) is 17.1 Å². The average molecular weight is 806 g/mol. The lowest BCUT2D eigenvalue weighted by Crippen LogP contribution is -2.26. The molecular formula is C59H35NOS. The molecule has 0 unspecified atom stereocenters. The summed E-state index contributed by atoms with van der Waals surface area (Å²) in [5, 5.41) is 7.18. The molecule has 0 amide bonds. The highest BCUT2D eigenvalue weighted by Gasteiger charge is 2.51. The van der Waals surface area contributed by atoms with Gasteiger partial charge in [0.25, 0.3) is 0 Å². The second kappa shape index (κ2) is 12.7. The molecule has 0 atom stereocenters. The molecule has 2 aromatic heterocycles. The van der Waals surface area contributed by atoms with Crippen molar-refractivity contribution in [1.82, 2.24) is 0 Å². The van der Waals surface area contributed by atoms with Crippen molar-refractivity contribution in [3.05, 3.63) is 235 Å². The van der Waals surface area contributed by atoms with Gasteiger partial charge in [0.05, 0.1) is 21.5 Å². The van der Waals surface area contributed by atoms with E-state index in [0.717, 1.165) is 50.1 Å². The Kier molecular flexibility index (Phi) is 6.95. The zero-order valence-electron chi connectivity index (χ0n) is 33.5. The molecule has 0 fully saturated rings. The first-order valence-corrected chi connectivity index (χ1v) is 22.1. The molecule has 0 N–H and O–H groups in total. The quantitative estimate of drug-likeness (QED) is 0.176. The first-order chi connectivity index (χ1) is 30.8. The van der Waals surface area contributed by atoms with E-state index in [1.165, 1.54) is 75.5 Å². The zero-order valence-corrected chi connectivity index (χ0v) is 34.3. The fourth-order valence-corrected chi connectivity index (χ4v) is 12.3. The summed E-state index contributed by atoms with van der Waals surface area (Å²) < 4.78 is 9.45. The van der Waals surface area contributed by atoms with Gasteiger partial charge >= 0.3 is 0 Å². The Morgan fingerprint density at radius 1 is 0.371 bits per heavy atom. The first kappa shape index (κ1) is 34.0. The predicted molar refractivity (Wildman–Crippen MR) is 261 cm³/mol. The minimum absolute atomic E-state index is 0.465. The van der Waals surface area contributed by atoms with Crippen molar-refractivity contribution in [3.8, 4) is 33.4 Å². The summed E-state index contributed by atoms with van der Waals surface area (Å²) in [7, 11) is 0. The highest BCUT2D eigenvalue weighted by molar-refractivity contribution is 7.26. The average Bonchev–Trinajstić information content (AvgIpc) is 4.06. The summed E-state index contributed by atoms with van der Waals surface area (Å²) in [6.07, 6.45) is 0. The van der Waals surface area contributed by atoms with Crippen molar-refractivity contribution in [1.29, 1.82) is 0 Å². The molecule has 10 aromatic carbocycles. The molecule has 3 heteroatoms. The molecule has 0 saturated heterocycles. The van der Waals surface area contributed by atoms with E-state index in [9.17, 15) is 0 Å². The van der Waals surface area contributed by atoms with Crippen LogP contribution >= 0.6 is 11.3 Å². The normalized spacial score (nSPS) is 13.3. The number of nitrogens with zero attached hydrogens (tertiary/aromatic N) is 1. The van der Waals surface area contributed by atoms with Crippen LogP contribution in [0.15, 0.2) is 217 Å². The van der Waals surface area contributed by atoms with Crippen LogP contribution in [0, 0.1) is 0 Å². The molecular weight excluding hydrogens is 771 g/mol. The summed E-state index contributed by atoms with van der Waals surface area (Å²) in [5.74, 6) is 0. The number of benzene rings is 10. The first-order valence-electron chi connectivity index (χ1n) is 21.3. The Hall–Kier alpha value is -7.72. The number of para-hydroxylation sites is 2. The molecule has 14 rings (SSSR count). The summed E-state index contributed by atoms with van der Waals surface area (Å²) in [6, 6.07) is 78.5. The van der Waals surface area contributed by atoms with Gasteiger partial charge in [-0.3, -0.25) is 0 Å². The van der Waals surface area contributed by atoms with E-state index in [4.69, 9.17) is 4.42 Å². The molecule has 0 radical (unpaired) electrons. The Morgan fingerprint density at radius 2 is 0.919 bits per heavy atom. The van der Waals surface area contributed by atoms with E-state index in [1.54, 1.807) is 0 Å². The van der Waals surface area contributed by atoms with Crippen LogP contribution in [0.5, 0.6) is 0 Å². The number of furan rings is 1. The maximum atomic E-state index is 6.91. The number of hydrogen-bond donors (Lipinski definition) is 0. The molecule has 62 heavy (non-hydrogen) atoms. The molecule has 2 aliphatic carbocycles. The number of anilines is 3. The van der Waals surface area contributed by atoms with Crippen LogP contribution in [0.3, 0.4) is 0 Å². The third-order valence-corrected chi connectivity index (χ3v) is 14.9. The van der Waals surface area contributed by atoms with Gasteiger partial charge in [-0.2, -0.15) is 0 Å². The molecule has 12 aromatic rings. The molecule has 288 valence electrons. The van der Waals surface area contributed by atoms with Crippen molar-refractivity contribution in [2.75, 3.05) is 4.90 Å². The van der Waals surface area contributed by atoms with Crippen LogP contribution in [0.1, 0.15) is 22.3 Å². The topological polar surface area (TPSA) is 16.4 Å². The van der Waals surface area contributed by atoms with Crippen molar-refractivity contribution in [2.45, 2.75) is 5.41 Å². The molecule has 0 bridgehead atoms. The van der Waals surface area contributed by atoms with Crippen molar-refractivity contribution < 1.29 is 4.42 Å². The number of hydrogen-bond acceptors (Lipinski definition) is 3. The lowest BCUT2D eigenvalue weighted by atomic mass is 9.70. The van der Waals surface area contributed by atoms with Crippen LogP contribution in [0.2, 0.25) is 0 Å². The fraction of sp³-hybridized carbons (Fsp3) is 0.0169. The van der Waals surface area contributed by atoms with Gasteiger partial charge in [0.15, 0.2) is 0 Å². The molecule has 2 heterocycles. The predicted octanol–water partition coefficient (Wildman–Crippen LogP) is 16.6. The van der Waals surface area contributed by atoms with Gasteiger partial charge in [0.1, 0.15) is 11.2 Å². The van der Waals surface area contributed by atoms with E-state index in [-0.39, 0.29) is 0 Å². The second-order valence-corrected chi connectivity index (χ2v) is 17.8. The van der Waals surface area contributed by atoms with Gasteiger partial charge in [0, 0.05) is 43.1 Å². The fourth-order valence-electron chi connectivity index (χ4n) is 11.1. The number of fused-ring (bicyclic) bond motifs is 17. The molecule has 2 aliphatic rings. The third kappa shape index (κ3) is 4.47. The third-order valence-electron chi connectivity index (χ3n) is 13.7. The standard InChI is InChI=1S/C59H35NOS/c1-2-16-37-34-55-48(33-36(37)15-1)46-23-13-22-45(57(46)61-55)43-20-6-11-28-53(43)60(54-29-14-24-47-44-21-7-12-30-56(44)62-58(47)54)38-31-32-42-41-19-5-10-27-51(41)59(52(42)35-38)49-25-8-3-17-39(49)40-18-4-9-26-50(40)59/h1-35H. The van der Waals surface area contributed by atoms with Crippen LogP contribution < -0.4 is 4.90 Å². The molecule has 1 spiro atoms. The highest BCUT2D eigenvalue weighted by atomic mass is 32.1. The SMILES string of the molecule is c1ccc(N(c2ccc3c(c2)C2(c4ccccc4-c4ccccc42)c2ccccc2-3)c2cccc3c2sc2ccccc23)c(-c2cccc3c2oc2cc4ccccc4cc23)c1. The van der Waals surface area contributed by atoms with Gasteiger partial charge in [-0.25, -0.2) is 0 Å². The van der Waals surface area contributed by atoms with Gasteiger partial charge in [-0.05, 0) is 97.7 Å². The minimum atomic E-state index is -0.465. The highest BCUT2D eigenvalue weighted by Crippen LogP contribution is 2.63. The summed E-state index contributed by atoms with van der Waals surface area (Å²) >= 11 is 1.87. The Labute approximate surface area is 362 Å². The number of thiophene rings is 1. The lowest BCUT2D eigenvalue weighted by Gasteiger charge is -2.33. The van der Waals surface area contributed by atoms with Gasteiger partial charge in [-0.1, -0.05) is 170 Å². The maximum Gasteiger partial charge on any atom is 0.143 e. The Morgan fingerprint density at radius 3 is 1.68 bits per heavy atom. The van der Waals surface area contributed by atoms with Crippen molar-refractivity contribution >= 4 is 81.3 Å². The van der Waals surface area contributed by atoms with Crippen molar-refractivity contribution in [2.24, 2.45) is 0 Å². The van der Waals surface area contributed by atoms with Gasteiger partial charge in [-0.15, -0.1) is 11.3 Å². The Bertz CT molecular complexity index is 3790. The van der Waals surface area contributed by atoms with E-state index in [1.807, 2.05) is 11.3 Å². The summed E-state index contributed by atoms with van der Waals surface area (Å²) in [4.78, 5) is 2.52. The van der Waals surface area contributed by atoms with Crippen LogP contribution in [-0.4, -0.2) is 0 Å². The second-order valence-electron chi connectivity index (χ2n) is 16.7. The Balaban J connectivity index is 1.07. The van der Waals surface area contributed by atoms with E-state index >= 15 is 0 Å². The van der Waals surface area contributed by atoms with Gasteiger partial charge in [0.2, 0.25) is 0 Å². The minimum Gasteiger partial charge on any atom is -0.455 e. The van der Waals surface area contributed by atoms with E-state index in [2.05, 4.69) is 217 Å². The largest absolute Gasteiger partial charge is 0.455 e. The molecule has 2 nitrogen and oxygen atoms in total.